The van der Waals surface area contributed by atoms with Crippen molar-refractivity contribution in [3.8, 4) is 0 Å². The molecule has 1 heterocycles. The number of aryl methyl sites for hydroxylation is 2. The summed E-state index contributed by atoms with van der Waals surface area (Å²) in [5.74, 6) is 0.894. The summed E-state index contributed by atoms with van der Waals surface area (Å²) in [6, 6.07) is 10.0. The largest absolute Gasteiger partial charge is 0.463 e. The Bertz CT molecular complexity index is 591. The first-order valence-electron chi connectivity index (χ1n) is 7.37. The molecule has 0 saturated carbocycles. The first kappa shape index (κ1) is 15.3. The average molecular weight is 287 g/mol. The van der Waals surface area contributed by atoms with Crippen molar-refractivity contribution in [3.05, 3.63) is 53.5 Å². The van der Waals surface area contributed by atoms with E-state index in [-0.39, 0.29) is 11.9 Å². The van der Waals surface area contributed by atoms with Crippen LogP contribution in [0.5, 0.6) is 0 Å². The lowest BCUT2D eigenvalue weighted by Gasteiger charge is -2.13. The molecule has 21 heavy (non-hydrogen) atoms. The number of furan rings is 1. The number of nitrogens with one attached hydrogen (secondary N) is 1. The van der Waals surface area contributed by atoms with Crippen molar-refractivity contribution in [2.45, 2.75) is 33.2 Å². The molecule has 1 amide bonds. The molecule has 2 rings (SSSR count). The van der Waals surface area contributed by atoms with E-state index in [9.17, 15) is 4.79 Å². The summed E-state index contributed by atoms with van der Waals surface area (Å²) in [5, 5.41) is 5.00. The highest BCUT2D eigenvalue weighted by molar-refractivity contribution is 5.93. The Labute approximate surface area is 125 Å². The van der Waals surface area contributed by atoms with Crippen LogP contribution in [-0.2, 0) is 11.2 Å². The van der Waals surface area contributed by atoms with E-state index < -0.39 is 0 Å². The van der Waals surface area contributed by atoms with Gasteiger partial charge < -0.3 is 15.1 Å². The molecule has 4 nitrogen and oxygen atoms in total. The van der Waals surface area contributed by atoms with Gasteiger partial charge in [-0.25, -0.2) is 0 Å². The van der Waals surface area contributed by atoms with Gasteiger partial charge in [-0.15, -0.1) is 0 Å². The van der Waals surface area contributed by atoms with Gasteiger partial charge in [-0.2, -0.15) is 0 Å². The van der Waals surface area contributed by atoms with Crippen LogP contribution in [0.25, 0.3) is 0 Å². The first-order chi connectivity index (χ1) is 10.1. The maximum absolute atomic E-state index is 12.1. The van der Waals surface area contributed by atoms with E-state index in [0.29, 0.717) is 6.54 Å². The quantitative estimate of drug-likeness (QED) is 0.857. The Kier molecular flexibility index (Phi) is 5.17. The topological polar surface area (TPSA) is 58.9 Å². The maximum atomic E-state index is 12.1. The highest BCUT2D eigenvalue weighted by atomic mass is 16.3. The summed E-state index contributed by atoms with van der Waals surface area (Å²) in [6.45, 7) is 6.51. The van der Waals surface area contributed by atoms with Crippen molar-refractivity contribution < 1.29 is 14.5 Å². The van der Waals surface area contributed by atoms with E-state index in [1.54, 1.807) is 6.26 Å². The summed E-state index contributed by atoms with van der Waals surface area (Å²) in [5.41, 5.74) is 3.22. The van der Waals surface area contributed by atoms with Gasteiger partial charge in [-0.1, -0.05) is 25.1 Å². The van der Waals surface area contributed by atoms with E-state index in [1.165, 1.54) is 5.56 Å². The van der Waals surface area contributed by atoms with Gasteiger partial charge in [0.2, 0.25) is 0 Å². The van der Waals surface area contributed by atoms with Crippen LogP contribution in [0.1, 0.15) is 36.8 Å². The predicted molar refractivity (Wildman–Crippen MR) is 83.1 cm³/mol. The van der Waals surface area contributed by atoms with Crippen molar-refractivity contribution in [1.82, 2.24) is 0 Å². The van der Waals surface area contributed by atoms with E-state index in [2.05, 4.69) is 18.3 Å². The Hall–Kier alpha value is -2.07. The van der Waals surface area contributed by atoms with Gasteiger partial charge in [0, 0.05) is 5.69 Å². The molecule has 2 aromatic rings. The number of rotatable bonds is 6. The van der Waals surface area contributed by atoms with Crippen molar-refractivity contribution >= 4 is 11.6 Å². The molecule has 0 aliphatic heterocycles. The number of quaternary nitrogens is 1. The molecule has 1 aromatic carbocycles. The molecule has 0 aliphatic carbocycles. The fraction of sp³-hybridized carbons (Fsp3) is 0.353. The Balaban J connectivity index is 1.93. The van der Waals surface area contributed by atoms with Crippen LogP contribution < -0.4 is 10.6 Å². The Morgan fingerprint density at radius 3 is 2.81 bits per heavy atom. The van der Waals surface area contributed by atoms with Crippen molar-refractivity contribution in [2.24, 2.45) is 0 Å². The second-order valence-electron chi connectivity index (χ2n) is 5.25. The SMILES string of the molecule is CCc1cccc(C)c1NC(=O)C[NH2+][C@H](C)c1ccco1. The number of benzene rings is 1. The first-order valence-corrected chi connectivity index (χ1v) is 7.37. The number of hydrogen-bond donors (Lipinski definition) is 2. The van der Waals surface area contributed by atoms with E-state index in [0.717, 1.165) is 23.4 Å². The van der Waals surface area contributed by atoms with Crippen LogP contribution in [-0.4, -0.2) is 12.5 Å². The maximum Gasteiger partial charge on any atom is 0.279 e. The number of anilines is 1. The van der Waals surface area contributed by atoms with Gasteiger partial charge in [0.05, 0.1) is 6.26 Å². The van der Waals surface area contributed by atoms with Crippen LogP contribution >= 0.6 is 0 Å². The molecule has 4 heteroatoms. The number of amides is 1. The van der Waals surface area contributed by atoms with Gasteiger partial charge >= 0.3 is 0 Å². The minimum Gasteiger partial charge on any atom is -0.463 e. The molecule has 0 spiro atoms. The van der Waals surface area contributed by atoms with Crippen LogP contribution in [0.15, 0.2) is 41.0 Å². The van der Waals surface area contributed by atoms with Gasteiger partial charge in [0.15, 0.2) is 12.3 Å². The summed E-state index contributed by atoms with van der Waals surface area (Å²) in [4.78, 5) is 12.1. The standard InChI is InChI=1S/C17H22N2O2/c1-4-14-8-5-7-12(2)17(14)19-16(20)11-18-13(3)15-9-6-10-21-15/h5-10,13,18H,4,11H2,1-3H3,(H,19,20)/p+1/t13-/m1/s1. The van der Waals surface area contributed by atoms with Crippen molar-refractivity contribution in [2.75, 3.05) is 11.9 Å². The summed E-state index contributed by atoms with van der Waals surface area (Å²) < 4.78 is 5.34. The number of nitrogens with two attached hydrogens (primary N) is 1. The smallest absolute Gasteiger partial charge is 0.279 e. The highest BCUT2D eigenvalue weighted by Gasteiger charge is 2.15. The Morgan fingerprint density at radius 2 is 2.14 bits per heavy atom. The third-order valence-corrected chi connectivity index (χ3v) is 3.65. The van der Waals surface area contributed by atoms with E-state index >= 15 is 0 Å². The molecule has 0 fully saturated rings. The third-order valence-electron chi connectivity index (χ3n) is 3.65. The number of carbonyl (C=O) groups excluding carboxylic acids is 1. The molecule has 0 unspecified atom stereocenters. The zero-order chi connectivity index (χ0) is 15.2. The molecule has 112 valence electrons. The molecule has 0 saturated heterocycles. The van der Waals surface area contributed by atoms with Crippen LogP contribution in [0.3, 0.4) is 0 Å². The molecule has 1 aromatic heterocycles. The third kappa shape index (κ3) is 3.95. The predicted octanol–water partition coefficient (Wildman–Crippen LogP) is 2.41. The lowest BCUT2D eigenvalue weighted by molar-refractivity contribution is -0.684. The van der Waals surface area contributed by atoms with Crippen molar-refractivity contribution in [1.29, 1.82) is 0 Å². The molecule has 0 radical (unpaired) electrons. The van der Waals surface area contributed by atoms with Gasteiger partial charge in [0.1, 0.15) is 6.04 Å². The normalized spacial score (nSPS) is 12.1. The van der Waals surface area contributed by atoms with Gasteiger partial charge in [-0.05, 0) is 43.5 Å². The zero-order valence-electron chi connectivity index (χ0n) is 12.8. The number of carbonyl (C=O) groups is 1. The molecular formula is C17H23N2O2+. The van der Waals surface area contributed by atoms with Crippen molar-refractivity contribution in [3.63, 3.8) is 0 Å². The summed E-state index contributed by atoms with van der Waals surface area (Å²) in [6.07, 6.45) is 2.56. The minimum atomic E-state index is 0.0115. The fourth-order valence-corrected chi connectivity index (χ4v) is 2.34. The highest BCUT2D eigenvalue weighted by Crippen LogP contribution is 2.20. The molecular weight excluding hydrogens is 264 g/mol. The van der Waals surface area contributed by atoms with Gasteiger partial charge in [-0.3, -0.25) is 4.79 Å². The van der Waals surface area contributed by atoms with Crippen LogP contribution in [0.4, 0.5) is 5.69 Å². The number of para-hydroxylation sites is 1. The van der Waals surface area contributed by atoms with Gasteiger partial charge in [0.25, 0.3) is 5.91 Å². The molecule has 0 bridgehead atoms. The summed E-state index contributed by atoms with van der Waals surface area (Å²) in [7, 11) is 0. The van der Waals surface area contributed by atoms with Crippen LogP contribution in [0, 0.1) is 6.92 Å². The van der Waals surface area contributed by atoms with E-state index in [1.807, 2.05) is 43.4 Å². The Morgan fingerprint density at radius 1 is 1.33 bits per heavy atom. The second kappa shape index (κ2) is 7.09. The second-order valence-corrected chi connectivity index (χ2v) is 5.25. The van der Waals surface area contributed by atoms with Crippen LogP contribution in [0.2, 0.25) is 0 Å². The summed E-state index contributed by atoms with van der Waals surface area (Å²) >= 11 is 0. The monoisotopic (exact) mass is 287 g/mol. The molecule has 1 atom stereocenters. The van der Waals surface area contributed by atoms with E-state index in [4.69, 9.17) is 4.42 Å². The zero-order valence-corrected chi connectivity index (χ0v) is 12.8. The molecule has 3 N–H and O–H groups in total. The lowest BCUT2D eigenvalue weighted by atomic mass is 10.1. The lowest BCUT2D eigenvalue weighted by Crippen LogP contribution is -2.86. The minimum absolute atomic E-state index is 0.0115. The number of hydrogen-bond acceptors (Lipinski definition) is 2. The fourth-order valence-electron chi connectivity index (χ4n) is 2.34. The average Bonchev–Trinajstić information content (AvgIpc) is 3.01. The molecule has 0 aliphatic rings.